The molecule has 0 bridgehead atoms. The fraction of sp³-hybridized carbons (Fsp3) is 0.520. The van der Waals surface area contributed by atoms with Gasteiger partial charge in [-0.25, -0.2) is 4.39 Å². The molecule has 0 heterocycles. The van der Waals surface area contributed by atoms with E-state index < -0.39 is 6.67 Å². The van der Waals surface area contributed by atoms with Crippen molar-refractivity contribution in [3.63, 3.8) is 0 Å². The van der Waals surface area contributed by atoms with Crippen LogP contribution >= 0.6 is 0 Å². The van der Waals surface area contributed by atoms with Crippen molar-refractivity contribution >= 4 is 0 Å². The van der Waals surface area contributed by atoms with E-state index in [1.165, 1.54) is 5.56 Å². The molecule has 0 aliphatic rings. The highest BCUT2D eigenvalue weighted by atomic mass is 19.1. The largest absolute Gasteiger partial charge is 0.504 e. The molecule has 0 amide bonds. The SMILES string of the molecule is COc1ccc(C(CCCNCCc2ccc(OCCF)c(O)c2)C(C)C)cc1OC. The molecule has 0 spiro atoms. The molecule has 1 atom stereocenters. The molecule has 6 heteroatoms. The highest BCUT2D eigenvalue weighted by Crippen LogP contribution is 2.35. The van der Waals surface area contributed by atoms with E-state index in [2.05, 4.69) is 31.3 Å². The van der Waals surface area contributed by atoms with Crippen LogP contribution in [-0.2, 0) is 6.42 Å². The van der Waals surface area contributed by atoms with E-state index in [0.717, 1.165) is 49.4 Å². The van der Waals surface area contributed by atoms with Gasteiger partial charge in [0.25, 0.3) is 0 Å². The van der Waals surface area contributed by atoms with Gasteiger partial charge in [-0.1, -0.05) is 26.0 Å². The first-order valence-corrected chi connectivity index (χ1v) is 10.9. The summed E-state index contributed by atoms with van der Waals surface area (Å²) >= 11 is 0. The number of halogens is 1. The third kappa shape index (κ3) is 7.62. The molecule has 0 saturated carbocycles. The smallest absolute Gasteiger partial charge is 0.161 e. The van der Waals surface area contributed by atoms with Gasteiger partial charge in [0.2, 0.25) is 0 Å². The Morgan fingerprint density at radius 1 is 0.968 bits per heavy atom. The van der Waals surface area contributed by atoms with Crippen molar-refractivity contribution in [3.05, 3.63) is 47.5 Å². The van der Waals surface area contributed by atoms with Gasteiger partial charge in [-0.15, -0.1) is 0 Å². The molecule has 2 N–H and O–H groups in total. The van der Waals surface area contributed by atoms with E-state index in [-0.39, 0.29) is 12.4 Å². The summed E-state index contributed by atoms with van der Waals surface area (Å²) in [5.74, 6) is 2.89. The summed E-state index contributed by atoms with van der Waals surface area (Å²) in [7, 11) is 3.32. The quantitative estimate of drug-likeness (QED) is 0.406. The molecule has 31 heavy (non-hydrogen) atoms. The minimum absolute atomic E-state index is 0.0465. The maximum atomic E-state index is 12.2. The minimum atomic E-state index is -0.575. The molecular formula is C25H36FNO4. The third-order valence-electron chi connectivity index (χ3n) is 5.46. The monoisotopic (exact) mass is 433 g/mol. The van der Waals surface area contributed by atoms with E-state index >= 15 is 0 Å². The summed E-state index contributed by atoms with van der Waals surface area (Å²) in [5, 5.41) is 13.4. The van der Waals surface area contributed by atoms with Gasteiger partial charge >= 0.3 is 0 Å². The van der Waals surface area contributed by atoms with Crippen molar-refractivity contribution in [1.29, 1.82) is 0 Å². The summed E-state index contributed by atoms with van der Waals surface area (Å²) in [5.41, 5.74) is 2.29. The van der Waals surface area contributed by atoms with Crippen LogP contribution in [0.1, 0.15) is 43.7 Å². The lowest BCUT2D eigenvalue weighted by Crippen LogP contribution is -2.19. The van der Waals surface area contributed by atoms with Crippen LogP contribution in [0.5, 0.6) is 23.0 Å². The Morgan fingerprint density at radius 3 is 2.35 bits per heavy atom. The van der Waals surface area contributed by atoms with Gasteiger partial charge in [-0.05, 0) is 79.6 Å². The molecule has 0 aromatic heterocycles. The first-order valence-electron chi connectivity index (χ1n) is 10.9. The Morgan fingerprint density at radius 2 is 1.71 bits per heavy atom. The molecule has 0 saturated heterocycles. The Labute approximate surface area is 185 Å². The van der Waals surface area contributed by atoms with Gasteiger partial charge in [-0.2, -0.15) is 0 Å². The van der Waals surface area contributed by atoms with Crippen LogP contribution in [0, 0.1) is 5.92 Å². The summed E-state index contributed by atoms with van der Waals surface area (Å²) in [4.78, 5) is 0. The number of hydrogen-bond acceptors (Lipinski definition) is 5. The second-order valence-corrected chi connectivity index (χ2v) is 7.95. The van der Waals surface area contributed by atoms with E-state index in [0.29, 0.717) is 17.6 Å². The van der Waals surface area contributed by atoms with Crippen LogP contribution in [0.25, 0.3) is 0 Å². The predicted octanol–water partition coefficient (Wildman–Crippen LogP) is 5.11. The first-order chi connectivity index (χ1) is 15.0. The maximum Gasteiger partial charge on any atom is 0.161 e. The number of methoxy groups -OCH3 is 2. The second-order valence-electron chi connectivity index (χ2n) is 7.95. The summed E-state index contributed by atoms with van der Waals surface area (Å²) in [6.07, 6.45) is 2.96. The molecule has 0 aliphatic carbocycles. The lowest BCUT2D eigenvalue weighted by Gasteiger charge is -2.22. The van der Waals surface area contributed by atoms with Crippen molar-refractivity contribution in [3.8, 4) is 23.0 Å². The highest BCUT2D eigenvalue weighted by molar-refractivity contribution is 5.44. The Balaban J connectivity index is 1.78. The van der Waals surface area contributed by atoms with E-state index in [1.54, 1.807) is 26.4 Å². The normalized spacial score (nSPS) is 12.1. The second kappa shape index (κ2) is 13.1. The number of rotatable bonds is 14. The Bertz CT molecular complexity index is 797. The fourth-order valence-corrected chi connectivity index (χ4v) is 3.76. The number of aromatic hydroxyl groups is 1. The van der Waals surface area contributed by atoms with Crippen molar-refractivity contribution in [1.82, 2.24) is 5.32 Å². The van der Waals surface area contributed by atoms with Gasteiger partial charge in [0.05, 0.1) is 14.2 Å². The molecule has 0 fully saturated rings. The van der Waals surface area contributed by atoms with Gasteiger partial charge in [0, 0.05) is 0 Å². The summed E-state index contributed by atoms with van der Waals surface area (Å²) in [6.45, 7) is 5.64. The number of phenols is 1. The molecule has 2 aromatic carbocycles. The highest BCUT2D eigenvalue weighted by Gasteiger charge is 2.17. The lowest BCUT2D eigenvalue weighted by atomic mass is 9.84. The number of nitrogens with one attached hydrogen (secondary N) is 1. The lowest BCUT2D eigenvalue weighted by molar-refractivity contribution is 0.262. The molecule has 2 rings (SSSR count). The van der Waals surface area contributed by atoms with Crippen molar-refractivity contribution < 1.29 is 23.7 Å². The molecule has 0 radical (unpaired) electrons. The Kier molecular flexibility index (Phi) is 10.4. The predicted molar refractivity (Wildman–Crippen MR) is 123 cm³/mol. The molecule has 172 valence electrons. The molecule has 5 nitrogen and oxygen atoms in total. The Hall–Kier alpha value is -2.47. The molecule has 1 unspecified atom stereocenters. The van der Waals surface area contributed by atoms with Crippen LogP contribution in [0.2, 0.25) is 0 Å². The van der Waals surface area contributed by atoms with Gasteiger partial charge in [0.15, 0.2) is 23.0 Å². The number of hydrogen-bond donors (Lipinski definition) is 2. The molecule has 2 aromatic rings. The first kappa shape index (κ1) is 24.8. The molecule has 0 aliphatic heterocycles. The van der Waals surface area contributed by atoms with Gasteiger partial charge in [-0.3, -0.25) is 0 Å². The van der Waals surface area contributed by atoms with Gasteiger partial charge in [0.1, 0.15) is 13.3 Å². The van der Waals surface area contributed by atoms with Crippen molar-refractivity contribution in [2.24, 2.45) is 5.92 Å². The minimum Gasteiger partial charge on any atom is -0.504 e. The zero-order chi connectivity index (χ0) is 22.6. The average molecular weight is 434 g/mol. The summed E-state index contributed by atoms with van der Waals surface area (Å²) < 4.78 is 28.2. The number of benzene rings is 2. The van der Waals surface area contributed by atoms with E-state index in [4.69, 9.17) is 14.2 Å². The van der Waals surface area contributed by atoms with Crippen LogP contribution in [0.3, 0.4) is 0 Å². The maximum absolute atomic E-state index is 12.2. The van der Waals surface area contributed by atoms with Crippen molar-refractivity contribution in [2.75, 3.05) is 40.6 Å². The number of alkyl halides is 1. The van der Waals surface area contributed by atoms with E-state index in [1.807, 2.05) is 12.1 Å². The van der Waals surface area contributed by atoms with Crippen LogP contribution in [0.4, 0.5) is 4.39 Å². The summed E-state index contributed by atoms with van der Waals surface area (Å²) in [6, 6.07) is 11.5. The standard InChI is InChI=1S/C25H36FNO4/c1-18(2)21(20-8-10-24(29-3)25(17-20)30-4)6-5-13-27-14-11-19-7-9-23(22(28)16-19)31-15-12-26/h7-10,16-18,21,27-28H,5-6,11-15H2,1-4H3. The van der Waals surface area contributed by atoms with Crippen LogP contribution in [-0.4, -0.2) is 45.7 Å². The van der Waals surface area contributed by atoms with Crippen LogP contribution in [0.15, 0.2) is 36.4 Å². The topological polar surface area (TPSA) is 60.0 Å². The number of phenolic OH excluding ortho intramolecular Hbond substituents is 1. The third-order valence-corrected chi connectivity index (χ3v) is 5.46. The fourth-order valence-electron chi connectivity index (χ4n) is 3.76. The van der Waals surface area contributed by atoms with Gasteiger partial charge < -0.3 is 24.6 Å². The zero-order valence-electron chi connectivity index (χ0n) is 19.1. The number of ether oxygens (including phenoxy) is 3. The van der Waals surface area contributed by atoms with E-state index in [9.17, 15) is 9.50 Å². The van der Waals surface area contributed by atoms with Crippen LogP contribution < -0.4 is 19.5 Å². The van der Waals surface area contributed by atoms with Crippen molar-refractivity contribution in [2.45, 2.75) is 39.0 Å². The molecular weight excluding hydrogens is 397 g/mol. The average Bonchev–Trinajstić information content (AvgIpc) is 2.77. The zero-order valence-corrected chi connectivity index (χ0v) is 19.1.